The molecule has 1 radical (unpaired) electrons. The Labute approximate surface area is 156 Å². The van der Waals surface area contributed by atoms with E-state index in [2.05, 4.69) is 43.7 Å². The number of fused-ring (bicyclic) bond motifs is 1. The summed E-state index contributed by atoms with van der Waals surface area (Å²) in [6.07, 6.45) is 9.10. The molecule has 0 amide bonds. The van der Waals surface area contributed by atoms with Crippen LogP contribution in [0.4, 0.5) is 0 Å². The van der Waals surface area contributed by atoms with E-state index in [4.69, 9.17) is 20.9 Å². The molecule has 1 saturated heterocycles. The topological polar surface area (TPSA) is 47.1 Å². The SMILES string of the molecule is CC1(C)CO[B]OC1(C)C.Clc1c[nH]c2ncc(C3CCCC3)cc12. The van der Waals surface area contributed by atoms with E-state index in [1.165, 1.54) is 38.9 Å². The Morgan fingerprint density at radius 1 is 1.24 bits per heavy atom. The maximum Gasteiger partial charge on any atom is 0.488 e. The molecule has 2 aromatic heterocycles. The highest BCUT2D eigenvalue weighted by molar-refractivity contribution is 6.35. The van der Waals surface area contributed by atoms with Crippen LogP contribution in [-0.4, -0.2) is 29.9 Å². The average Bonchev–Trinajstić information content (AvgIpc) is 3.21. The highest BCUT2D eigenvalue weighted by Gasteiger charge is 2.41. The average molecular weight is 362 g/mol. The summed E-state index contributed by atoms with van der Waals surface area (Å²) in [4.78, 5) is 7.47. The molecule has 2 aromatic rings. The van der Waals surface area contributed by atoms with Gasteiger partial charge in [0.15, 0.2) is 0 Å². The van der Waals surface area contributed by atoms with E-state index in [1.807, 2.05) is 6.20 Å². The summed E-state index contributed by atoms with van der Waals surface area (Å²) in [7, 11) is 1.44. The van der Waals surface area contributed by atoms with Crippen LogP contribution in [0.15, 0.2) is 18.5 Å². The summed E-state index contributed by atoms with van der Waals surface area (Å²) in [6.45, 7) is 9.16. The smallest absolute Gasteiger partial charge is 0.413 e. The predicted octanol–water partition coefficient (Wildman–Crippen LogP) is 5.25. The van der Waals surface area contributed by atoms with E-state index in [1.54, 1.807) is 6.20 Å². The zero-order valence-corrected chi connectivity index (χ0v) is 16.3. The maximum absolute atomic E-state index is 6.08. The van der Waals surface area contributed by atoms with Gasteiger partial charge in [0.05, 0.1) is 10.6 Å². The van der Waals surface area contributed by atoms with Crippen molar-refractivity contribution in [3.05, 3.63) is 29.0 Å². The molecule has 135 valence electrons. The van der Waals surface area contributed by atoms with E-state index < -0.39 is 0 Å². The number of aromatic nitrogens is 2. The zero-order valence-electron chi connectivity index (χ0n) is 15.6. The Morgan fingerprint density at radius 3 is 2.56 bits per heavy atom. The zero-order chi connectivity index (χ0) is 18.1. The number of H-pyrrole nitrogens is 1. The third-order valence-electron chi connectivity index (χ3n) is 5.81. The Kier molecular flexibility index (Phi) is 5.47. The minimum Gasteiger partial charge on any atom is -0.413 e. The van der Waals surface area contributed by atoms with Gasteiger partial charge in [-0.2, -0.15) is 0 Å². The Balaban J connectivity index is 0.000000160. The van der Waals surface area contributed by atoms with Crippen molar-refractivity contribution in [1.29, 1.82) is 0 Å². The van der Waals surface area contributed by atoms with Gasteiger partial charge in [0.1, 0.15) is 5.65 Å². The van der Waals surface area contributed by atoms with E-state index in [0.29, 0.717) is 5.92 Å². The van der Waals surface area contributed by atoms with Crippen molar-refractivity contribution in [2.75, 3.05) is 6.61 Å². The summed E-state index contributed by atoms with van der Waals surface area (Å²) in [6, 6.07) is 2.19. The summed E-state index contributed by atoms with van der Waals surface area (Å²) in [5.74, 6) is 0.702. The van der Waals surface area contributed by atoms with Crippen molar-refractivity contribution in [2.24, 2.45) is 5.41 Å². The van der Waals surface area contributed by atoms with Gasteiger partial charge in [-0.25, -0.2) is 4.98 Å². The predicted molar refractivity (Wildman–Crippen MR) is 103 cm³/mol. The van der Waals surface area contributed by atoms with Gasteiger partial charge < -0.3 is 14.3 Å². The maximum atomic E-state index is 6.08. The second-order valence-corrected chi connectivity index (χ2v) is 8.61. The lowest BCUT2D eigenvalue weighted by atomic mass is 9.76. The van der Waals surface area contributed by atoms with Gasteiger partial charge in [-0.15, -0.1) is 0 Å². The van der Waals surface area contributed by atoms with Crippen LogP contribution >= 0.6 is 11.6 Å². The molecule has 1 saturated carbocycles. The van der Waals surface area contributed by atoms with Crippen molar-refractivity contribution in [3.63, 3.8) is 0 Å². The normalized spacial score (nSPS) is 22.3. The van der Waals surface area contributed by atoms with Gasteiger partial charge >= 0.3 is 7.69 Å². The van der Waals surface area contributed by atoms with Crippen molar-refractivity contribution in [3.8, 4) is 0 Å². The summed E-state index contributed by atoms with van der Waals surface area (Å²) < 4.78 is 10.4. The highest BCUT2D eigenvalue weighted by Crippen LogP contribution is 2.36. The number of aromatic amines is 1. The molecule has 4 rings (SSSR count). The van der Waals surface area contributed by atoms with Crippen LogP contribution in [0.1, 0.15) is 64.9 Å². The minimum atomic E-state index is -0.106. The van der Waals surface area contributed by atoms with Crippen LogP contribution in [-0.2, 0) is 9.31 Å². The van der Waals surface area contributed by atoms with E-state index in [9.17, 15) is 0 Å². The molecule has 2 aliphatic rings. The molecule has 0 unspecified atom stereocenters. The van der Waals surface area contributed by atoms with Crippen LogP contribution < -0.4 is 0 Å². The first kappa shape index (κ1) is 18.7. The Hall–Kier alpha value is -1.04. The second-order valence-electron chi connectivity index (χ2n) is 8.20. The number of hydrogen-bond acceptors (Lipinski definition) is 3. The molecule has 0 bridgehead atoms. The van der Waals surface area contributed by atoms with Crippen LogP contribution in [0.25, 0.3) is 11.0 Å². The lowest BCUT2D eigenvalue weighted by Crippen LogP contribution is -2.50. The first-order chi connectivity index (χ1) is 11.8. The third kappa shape index (κ3) is 4.04. The van der Waals surface area contributed by atoms with Crippen molar-refractivity contribution in [1.82, 2.24) is 9.97 Å². The molecule has 0 spiro atoms. The van der Waals surface area contributed by atoms with Gasteiger partial charge in [0.25, 0.3) is 0 Å². The van der Waals surface area contributed by atoms with Gasteiger partial charge in [0.2, 0.25) is 0 Å². The number of halogens is 1. The van der Waals surface area contributed by atoms with Crippen molar-refractivity contribution >= 4 is 30.3 Å². The summed E-state index contributed by atoms with van der Waals surface area (Å²) in [5.41, 5.74) is 2.23. The first-order valence-electron chi connectivity index (χ1n) is 9.04. The molecule has 0 atom stereocenters. The van der Waals surface area contributed by atoms with E-state index in [-0.39, 0.29) is 11.0 Å². The third-order valence-corrected chi connectivity index (χ3v) is 6.13. The lowest BCUT2D eigenvalue weighted by Gasteiger charge is -2.44. The number of pyridine rings is 1. The van der Waals surface area contributed by atoms with Crippen LogP contribution in [0, 0.1) is 5.41 Å². The Morgan fingerprint density at radius 2 is 1.96 bits per heavy atom. The van der Waals surface area contributed by atoms with Crippen LogP contribution in [0.5, 0.6) is 0 Å². The molecule has 0 aromatic carbocycles. The molecule has 4 nitrogen and oxygen atoms in total. The minimum absolute atomic E-state index is 0.0990. The summed E-state index contributed by atoms with van der Waals surface area (Å²) >= 11 is 6.08. The molecule has 1 N–H and O–H groups in total. The monoisotopic (exact) mass is 361 g/mol. The molecule has 3 heterocycles. The first-order valence-corrected chi connectivity index (χ1v) is 9.42. The molecule has 1 aliphatic carbocycles. The number of nitrogens with one attached hydrogen (secondary N) is 1. The molecular formula is C19H27BClN2O2. The molecule has 2 fully saturated rings. The quantitative estimate of drug-likeness (QED) is 0.706. The van der Waals surface area contributed by atoms with Gasteiger partial charge in [-0.05, 0) is 44.2 Å². The van der Waals surface area contributed by atoms with Crippen LogP contribution in [0.2, 0.25) is 5.02 Å². The fraction of sp³-hybridized carbons (Fsp3) is 0.632. The fourth-order valence-electron chi connectivity index (χ4n) is 3.20. The molecule has 6 heteroatoms. The number of nitrogens with zero attached hydrogens (tertiary/aromatic N) is 1. The number of rotatable bonds is 1. The highest BCUT2D eigenvalue weighted by atomic mass is 35.5. The van der Waals surface area contributed by atoms with Gasteiger partial charge in [-0.1, -0.05) is 38.3 Å². The van der Waals surface area contributed by atoms with Crippen molar-refractivity contribution in [2.45, 2.75) is 64.9 Å². The second kappa shape index (κ2) is 7.30. The fourth-order valence-corrected chi connectivity index (χ4v) is 3.40. The lowest BCUT2D eigenvalue weighted by molar-refractivity contribution is -0.0873. The Bertz CT molecular complexity index is 707. The molecular weight excluding hydrogens is 334 g/mol. The molecule has 25 heavy (non-hydrogen) atoms. The number of hydrogen-bond donors (Lipinski definition) is 1. The van der Waals surface area contributed by atoms with E-state index in [0.717, 1.165) is 22.7 Å². The molecule has 1 aliphatic heterocycles. The standard InChI is InChI=1S/C12H13ClN2.C7H14BO2/c13-11-7-15-12-10(11)5-9(6-14-12)8-3-1-2-4-8;1-6(2)5-9-8-10-7(6,3)4/h5-8H,1-4H2,(H,14,15);5H2,1-4H3. The summed E-state index contributed by atoms with van der Waals surface area (Å²) in [5, 5.41) is 1.83. The van der Waals surface area contributed by atoms with Crippen LogP contribution in [0.3, 0.4) is 0 Å². The van der Waals surface area contributed by atoms with Crippen molar-refractivity contribution < 1.29 is 9.31 Å². The van der Waals surface area contributed by atoms with Gasteiger partial charge in [0, 0.05) is 29.8 Å². The van der Waals surface area contributed by atoms with E-state index >= 15 is 0 Å². The van der Waals surface area contributed by atoms with Gasteiger partial charge in [-0.3, -0.25) is 0 Å². The largest absolute Gasteiger partial charge is 0.488 e.